The highest BCUT2D eigenvalue weighted by Crippen LogP contribution is 2.23. The van der Waals surface area contributed by atoms with Gasteiger partial charge in [0.05, 0.1) is 18.9 Å². The Morgan fingerprint density at radius 1 is 1.26 bits per heavy atom. The Morgan fingerprint density at radius 3 is 2.32 bits per heavy atom. The summed E-state index contributed by atoms with van der Waals surface area (Å²) in [6.07, 6.45) is 3.73. The lowest BCUT2D eigenvalue weighted by atomic mass is 9.84. The molecule has 0 amide bonds. The summed E-state index contributed by atoms with van der Waals surface area (Å²) in [6, 6.07) is 7.22. The number of ether oxygens (including phenoxy) is 1. The molecule has 102 valence electrons. The van der Waals surface area contributed by atoms with E-state index in [1.807, 2.05) is 12.1 Å². The van der Waals surface area contributed by atoms with Gasteiger partial charge < -0.3 is 9.84 Å². The van der Waals surface area contributed by atoms with Crippen LogP contribution in [0, 0.1) is 0 Å². The van der Waals surface area contributed by atoms with Crippen LogP contribution in [0.1, 0.15) is 31.4 Å². The molecule has 4 heteroatoms. The van der Waals surface area contributed by atoms with Gasteiger partial charge in [0.15, 0.2) is 0 Å². The molecule has 0 unspecified atom stereocenters. The Balaban J connectivity index is 2.77. The van der Waals surface area contributed by atoms with E-state index < -0.39 is 11.4 Å². The average Bonchev–Trinajstić information content (AvgIpc) is 2.39. The number of carboxylic acids is 1. The molecule has 0 fully saturated rings. The summed E-state index contributed by atoms with van der Waals surface area (Å²) in [4.78, 5) is 22.0. The third-order valence-corrected chi connectivity index (χ3v) is 2.99. The summed E-state index contributed by atoms with van der Waals surface area (Å²) < 4.78 is 4.52. The second-order valence-electron chi connectivity index (χ2n) is 4.73. The summed E-state index contributed by atoms with van der Waals surface area (Å²) in [5.74, 6) is -1.15. The Labute approximate surface area is 112 Å². The van der Waals surface area contributed by atoms with E-state index in [4.69, 9.17) is 5.11 Å². The molecule has 0 aliphatic rings. The molecular formula is C15H18O4. The molecule has 0 aromatic heterocycles. The zero-order valence-corrected chi connectivity index (χ0v) is 11.3. The summed E-state index contributed by atoms with van der Waals surface area (Å²) in [7, 11) is 1.35. The summed E-state index contributed by atoms with van der Waals surface area (Å²) in [6.45, 7) is 3.33. The van der Waals surface area contributed by atoms with Crippen LogP contribution in [0.3, 0.4) is 0 Å². The first-order valence-electron chi connectivity index (χ1n) is 5.95. The number of carbonyl (C=O) groups is 2. The van der Waals surface area contributed by atoms with Crippen LogP contribution >= 0.6 is 0 Å². The number of carbonyl (C=O) groups excluding carboxylic acids is 1. The molecule has 0 aliphatic carbocycles. The number of methoxy groups -OCH3 is 1. The molecule has 1 rings (SSSR count). The smallest absolute Gasteiger partial charge is 0.313 e. The van der Waals surface area contributed by atoms with Crippen molar-refractivity contribution in [1.82, 2.24) is 0 Å². The van der Waals surface area contributed by atoms with Gasteiger partial charge in [-0.05, 0) is 25.0 Å². The van der Waals surface area contributed by atoms with E-state index in [1.165, 1.54) is 7.11 Å². The maximum atomic E-state index is 11.1. The topological polar surface area (TPSA) is 63.6 Å². The molecule has 0 bridgehead atoms. The van der Waals surface area contributed by atoms with Gasteiger partial charge in [-0.3, -0.25) is 9.59 Å². The predicted octanol–water partition coefficient (Wildman–Crippen LogP) is 2.63. The number of esters is 1. The lowest BCUT2D eigenvalue weighted by Gasteiger charge is -2.19. The van der Waals surface area contributed by atoms with E-state index in [9.17, 15) is 9.59 Å². The van der Waals surface area contributed by atoms with E-state index >= 15 is 0 Å². The SMILES string of the molecule is COC(=O)CC=Cc1ccc(C(C)(C)C(=O)O)cc1. The minimum atomic E-state index is -0.908. The Morgan fingerprint density at radius 2 is 1.84 bits per heavy atom. The van der Waals surface area contributed by atoms with Crippen molar-refractivity contribution < 1.29 is 19.4 Å². The molecule has 0 radical (unpaired) electrons. The van der Waals surface area contributed by atoms with Crippen LogP contribution in [0.4, 0.5) is 0 Å². The molecule has 0 heterocycles. The zero-order valence-electron chi connectivity index (χ0n) is 11.3. The normalized spacial score (nSPS) is 11.5. The second-order valence-corrected chi connectivity index (χ2v) is 4.73. The average molecular weight is 262 g/mol. The van der Waals surface area contributed by atoms with Gasteiger partial charge in [0, 0.05) is 0 Å². The van der Waals surface area contributed by atoms with Gasteiger partial charge >= 0.3 is 11.9 Å². The Bertz CT molecular complexity index is 483. The van der Waals surface area contributed by atoms with Gasteiger partial charge in [-0.15, -0.1) is 0 Å². The molecule has 1 aromatic carbocycles. The number of benzene rings is 1. The van der Waals surface area contributed by atoms with E-state index in [-0.39, 0.29) is 12.4 Å². The fraction of sp³-hybridized carbons (Fsp3) is 0.333. The summed E-state index contributed by atoms with van der Waals surface area (Å²) in [5, 5.41) is 9.13. The van der Waals surface area contributed by atoms with E-state index in [1.54, 1.807) is 38.1 Å². The standard InChI is InChI=1S/C15H18O4/c1-15(2,14(17)18)12-9-7-11(8-10-12)5-4-6-13(16)19-3/h4-5,7-10H,6H2,1-3H3,(H,17,18). The van der Waals surface area contributed by atoms with Crippen molar-refractivity contribution in [2.75, 3.05) is 7.11 Å². The van der Waals surface area contributed by atoms with Crippen molar-refractivity contribution in [2.45, 2.75) is 25.7 Å². The van der Waals surface area contributed by atoms with Gasteiger partial charge in [-0.2, -0.15) is 0 Å². The molecule has 0 aliphatic heterocycles. The molecule has 19 heavy (non-hydrogen) atoms. The Kier molecular flexibility index (Phi) is 4.87. The monoisotopic (exact) mass is 262 g/mol. The van der Waals surface area contributed by atoms with Crippen LogP contribution < -0.4 is 0 Å². The molecule has 0 atom stereocenters. The molecule has 0 saturated heterocycles. The number of carboxylic acid groups (broad SMARTS) is 1. The predicted molar refractivity (Wildman–Crippen MR) is 72.8 cm³/mol. The van der Waals surface area contributed by atoms with Crippen molar-refractivity contribution in [3.05, 3.63) is 41.5 Å². The van der Waals surface area contributed by atoms with Gasteiger partial charge in [-0.25, -0.2) is 0 Å². The van der Waals surface area contributed by atoms with Crippen molar-refractivity contribution in [1.29, 1.82) is 0 Å². The largest absolute Gasteiger partial charge is 0.481 e. The minimum absolute atomic E-state index is 0.221. The molecule has 0 spiro atoms. The molecule has 1 aromatic rings. The lowest BCUT2D eigenvalue weighted by molar-refractivity contribution is -0.142. The van der Waals surface area contributed by atoms with Crippen molar-refractivity contribution >= 4 is 18.0 Å². The number of hydrogen-bond acceptors (Lipinski definition) is 3. The zero-order chi connectivity index (χ0) is 14.5. The van der Waals surface area contributed by atoms with Crippen molar-refractivity contribution in [3.8, 4) is 0 Å². The molecular weight excluding hydrogens is 244 g/mol. The summed E-state index contributed by atoms with van der Waals surface area (Å²) >= 11 is 0. The molecule has 0 saturated carbocycles. The first-order valence-corrected chi connectivity index (χ1v) is 5.95. The number of hydrogen-bond donors (Lipinski definition) is 1. The fourth-order valence-electron chi connectivity index (χ4n) is 1.51. The maximum Gasteiger partial charge on any atom is 0.313 e. The van der Waals surface area contributed by atoms with Crippen molar-refractivity contribution in [3.63, 3.8) is 0 Å². The highest BCUT2D eigenvalue weighted by Gasteiger charge is 2.28. The van der Waals surface area contributed by atoms with Gasteiger partial charge in [-0.1, -0.05) is 36.4 Å². The van der Waals surface area contributed by atoms with Gasteiger partial charge in [0.25, 0.3) is 0 Å². The van der Waals surface area contributed by atoms with Crippen LogP contribution in [0.2, 0.25) is 0 Å². The number of rotatable bonds is 5. The third-order valence-electron chi connectivity index (χ3n) is 2.99. The van der Waals surface area contributed by atoms with Crippen molar-refractivity contribution in [2.24, 2.45) is 0 Å². The highest BCUT2D eigenvalue weighted by molar-refractivity contribution is 5.80. The first kappa shape index (κ1) is 15.0. The second kappa shape index (κ2) is 6.18. The first-order chi connectivity index (χ1) is 8.87. The van der Waals surface area contributed by atoms with E-state index in [2.05, 4.69) is 4.74 Å². The lowest BCUT2D eigenvalue weighted by Crippen LogP contribution is -2.28. The van der Waals surface area contributed by atoms with Crippen LogP contribution in [0.25, 0.3) is 6.08 Å². The van der Waals surface area contributed by atoms with Crippen LogP contribution in [-0.4, -0.2) is 24.2 Å². The van der Waals surface area contributed by atoms with Gasteiger partial charge in [0.2, 0.25) is 0 Å². The fourth-order valence-corrected chi connectivity index (χ4v) is 1.51. The minimum Gasteiger partial charge on any atom is -0.481 e. The maximum absolute atomic E-state index is 11.1. The van der Waals surface area contributed by atoms with E-state index in [0.717, 1.165) is 11.1 Å². The van der Waals surface area contributed by atoms with Crippen LogP contribution in [0.5, 0.6) is 0 Å². The molecule has 4 nitrogen and oxygen atoms in total. The van der Waals surface area contributed by atoms with Gasteiger partial charge in [0.1, 0.15) is 0 Å². The van der Waals surface area contributed by atoms with Crippen LogP contribution in [0.15, 0.2) is 30.3 Å². The van der Waals surface area contributed by atoms with E-state index in [0.29, 0.717) is 0 Å². The highest BCUT2D eigenvalue weighted by atomic mass is 16.5. The summed E-state index contributed by atoms with van der Waals surface area (Å²) in [5.41, 5.74) is 0.743. The Hall–Kier alpha value is -2.10. The quantitative estimate of drug-likeness (QED) is 0.828. The third kappa shape index (κ3) is 3.95. The number of aliphatic carboxylic acids is 1. The molecule has 1 N–H and O–H groups in total. The van der Waals surface area contributed by atoms with Crippen LogP contribution in [-0.2, 0) is 19.7 Å².